The van der Waals surface area contributed by atoms with Gasteiger partial charge >= 0.3 is 0 Å². The number of nitrogens with one attached hydrogen (secondary N) is 1. The Morgan fingerprint density at radius 2 is 1.82 bits per heavy atom. The third kappa shape index (κ3) is 4.20. The minimum absolute atomic E-state index is 0.151. The molecule has 1 heterocycles. The zero-order valence-corrected chi connectivity index (χ0v) is 17.3. The van der Waals surface area contributed by atoms with Gasteiger partial charge in [0, 0.05) is 18.7 Å². The van der Waals surface area contributed by atoms with E-state index in [9.17, 15) is 13.2 Å². The first-order valence-corrected chi connectivity index (χ1v) is 10.8. The van der Waals surface area contributed by atoms with Crippen molar-refractivity contribution >= 4 is 21.6 Å². The molecule has 1 fully saturated rings. The third-order valence-corrected chi connectivity index (χ3v) is 7.08. The van der Waals surface area contributed by atoms with Crippen molar-refractivity contribution in [3.05, 3.63) is 53.6 Å². The largest absolute Gasteiger partial charge is 0.495 e. The lowest BCUT2D eigenvalue weighted by Crippen LogP contribution is -2.38. The fraction of sp³-hybridized carbons (Fsp3) is 0.381. The van der Waals surface area contributed by atoms with Gasteiger partial charge in [-0.05, 0) is 55.5 Å². The summed E-state index contributed by atoms with van der Waals surface area (Å²) >= 11 is 0. The number of carbonyl (C=O) groups excluding carboxylic acids is 1. The van der Waals surface area contributed by atoms with Crippen LogP contribution in [0, 0.1) is 12.8 Å². The molecule has 2 aromatic rings. The summed E-state index contributed by atoms with van der Waals surface area (Å²) in [5.74, 6) is 0.706. The van der Waals surface area contributed by atoms with Crippen LogP contribution >= 0.6 is 0 Å². The maximum absolute atomic E-state index is 13.0. The van der Waals surface area contributed by atoms with Crippen molar-refractivity contribution in [3.8, 4) is 5.75 Å². The van der Waals surface area contributed by atoms with Crippen molar-refractivity contribution in [1.82, 2.24) is 4.31 Å². The lowest BCUT2D eigenvalue weighted by molar-refractivity contribution is 0.102. The van der Waals surface area contributed by atoms with Gasteiger partial charge in [0.05, 0.1) is 17.7 Å². The Morgan fingerprint density at radius 3 is 2.50 bits per heavy atom. The number of ether oxygens (including phenoxy) is 1. The fourth-order valence-corrected chi connectivity index (χ4v) is 4.81. The van der Waals surface area contributed by atoms with Crippen LogP contribution in [-0.4, -0.2) is 38.8 Å². The van der Waals surface area contributed by atoms with E-state index in [1.807, 2.05) is 6.07 Å². The molecule has 28 heavy (non-hydrogen) atoms. The predicted molar refractivity (Wildman–Crippen MR) is 109 cm³/mol. The maximum atomic E-state index is 13.0. The summed E-state index contributed by atoms with van der Waals surface area (Å²) in [6.45, 7) is 4.95. The second kappa shape index (κ2) is 8.32. The van der Waals surface area contributed by atoms with Crippen molar-refractivity contribution < 1.29 is 17.9 Å². The Morgan fingerprint density at radius 1 is 1.14 bits per heavy atom. The molecule has 0 unspecified atom stereocenters. The standard InChI is InChI=1S/C21H26N2O4S/c1-15-10-12-23(13-11-15)28(25,26)17-9-8-16(2)18(14-17)21(24)22-19-6-4-5-7-20(19)27-3/h4-9,14-15H,10-13H2,1-3H3,(H,22,24). The number of hydrogen-bond donors (Lipinski definition) is 1. The maximum Gasteiger partial charge on any atom is 0.256 e. The molecular formula is C21H26N2O4S. The molecule has 0 bridgehead atoms. The molecule has 6 nitrogen and oxygen atoms in total. The number of methoxy groups -OCH3 is 1. The molecule has 0 aliphatic carbocycles. The highest BCUT2D eigenvalue weighted by Gasteiger charge is 2.29. The number of piperidine rings is 1. The number of amides is 1. The number of hydrogen-bond acceptors (Lipinski definition) is 4. The van der Waals surface area contributed by atoms with Gasteiger partial charge in [-0.25, -0.2) is 8.42 Å². The van der Waals surface area contributed by atoms with Gasteiger partial charge in [0.1, 0.15) is 5.75 Å². The molecule has 2 aromatic carbocycles. The Balaban J connectivity index is 1.88. The SMILES string of the molecule is COc1ccccc1NC(=O)c1cc(S(=O)(=O)N2CCC(C)CC2)ccc1C. The predicted octanol–water partition coefficient (Wildman–Crippen LogP) is 3.68. The van der Waals surface area contributed by atoms with Crippen LogP contribution in [0.25, 0.3) is 0 Å². The summed E-state index contributed by atoms with van der Waals surface area (Å²) in [7, 11) is -2.08. The number of aryl methyl sites for hydroxylation is 1. The van der Waals surface area contributed by atoms with Crippen LogP contribution in [0.4, 0.5) is 5.69 Å². The second-order valence-electron chi connectivity index (χ2n) is 7.22. The summed E-state index contributed by atoms with van der Waals surface area (Å²) in [5.41, 5.74) is 1.57. The lowest BCUT2D eigenvalue weighted by atomic mass is 10.0. The molecule has 1 N–H and O–H groups in total. The van der Waals surface area contributed by atoms with Gasteiger partial charge < -0.3 is 10.1 Å². The first-order chi connectivity index (χ1) is 13.3. The lowest BCUT2D eigenvalue weighted by Gasteiger charge is -2.29. The topological polar surface area (TPSA) is 75.7 Å². The highest BCUT2D eigenvalue weighted by atomic mass is 32.2. The zero-order chi connectivity index (χ0) is 20.3. The average molecular weight is 403 g/mol. The minimum Gasteiger partial charge on any atom is -0.495 e. The molecule has 3 rings (SSSR count). The van der Waals surface area contributed by atoms with Crippen LogP contribution in [0.5, 0.6) is 5.75 Å². The molecule has 1 saturated heterocycles. The van der Waals surface area contributed by atoms with Crippen LogP contribution in [-0.2, 0) is 10.0 Å². The average Bonchev–Trinajstić information content (AvgIpc) is 2.68. The highest BCUT2D eigenvalue weighted by Crippen LogP contribution is 2.27. The molecule has 0 spiro atoms. The van der Waals surface area contributed by atoms with E-state index in [0.29, 0.717) is 41.6 Å². The number of nitrogens with zero attached hydrogens (tertiary/aromatic N) is 1. The van der Waals surface area contributed by atoms with E-state index in [2.05, 4.69) is 12.2 Å². The van der Waals surface area contributed by atoms with E-state index in [4.69, 9.17) is 4.74 Å². The van der Waals surface area contributed by atoms with Gasteiger partial charge in [-0.3, -0.25) is 4.79 Å². The molecule has 0 saturated carbocycles. The van der Waals surface area contributed by atoms with Gasteiger partial charge in [-0.15, -0.1) is 0 Å². The molecule has 1 aliphatic rings. The van der Waals surface area contributed by atoms with Crippen molar-refractivity contribution in [1.29, 1.82) is 0 Å². The molecule has 0 radical (unpaired) electrons. The molecule has 1 aliphatic heterocycles. The highest BCUT2D eigenvalue weighted by molar-refractivity contribution is 7.89. The van der Waals surface area contributed by atoms with E-state index in [-0.39, 0.29) is 10.8 Å². The van der Waals surface area contributed by atoms with Gasteiger partial charge in [0.25, 0.3) is 5.91 Å². The quantitative estimate of drug-likeness (QED) is 0.828. The first-order valence-electron chi connectivity index (χ1n) is 9.38. The normalized spacial score (nSPS) is 16.0. The van der Waals surface area contributed by atoms with Crippen LogP contribution in [0.2, 0.25) is 0 Å². The van der Waals surface area contributed by atoms with E-state index in [1.165, 1.54) is 17.5 Å². The first kappa shape index (κ1) is 20.4. The van der Waals surface area contributed by atoms with Crippen molar-refractivity contribution in [3.63, 3.8) is 0 Å². The van der Waals surface area contributed by atoms with Crippen LogP contribution in [0.1, 0.15) is 35.7 Å². The smallest absolute Gasteiger partial charge is 0.256 e. The molecule has 7 heteroatoms. The monoisotopic (exact) mass is 402 g/mol. The molecule has 1 amide bonds. The van der Waals surface area contributed by atoms with E-state index < -0.39 is 10.0 Å². The zero-order valence-electron chi connectivity index (χ0n) is 16.4. The van der Waals surface area contributed by atoms with Crippen LogP contribution in [0.3, 0.4) is 0 Å². The number of sulfonamides is 1. The number of benzene rings is 2. The van der Waals surface area contributed by atoms with E-state index in [1.54, 1.807) is 37.3 Å². The second-order valence-corrected chi connectivity index (χ2v) is 9.16. The summed E-state index contributed by atoms with van der Waals surface area (Å²) in [6, 6.07) is 11.8. The Hall–Kier alpha value is -2.38. The summed E-state index contributed by atoms with van der Waals surface area (Å²) in [6.07, 6.45) is 1.71. The Bertz CT molecular complexity index is 964. The minimum atomic E-state index is -3.62. The number of anilines is 1. The third-order valence-electron chi connectivity index (χ3n) is 5.19. The summed E-state index contributed by atoms with van der Waals surface area (Å²) in [5, 5.41) is 2.81. The van der Waals surface area contributed by atoms with Crippen LogP contribution in [0.15, 0.2) is 47.4 Å². The summed E-state index contributed by atoms with van der Waals surface area (Å²) in [4.78, 5) is 13.0. The van der Waals surface area contributed by atoms with E-state index in [0.717, 1.165) is 12.8 Å². The number of para-hydroxylation sites is 2. The van der Waals surface area contributed by atoms with E-state index >= 15 is 0 Å². The number of rotatable bonds is 5. The van der Waals surface area contributed by atoms with Crippen molar-refractivity contribution in [2.45, 2.75) is 31.6 Å². The Labute approximate surface area is 166 Å². The molecular weight excluding hydrogens is 376 g/mol. The molecule has 150 valence electrons. The van der Waals surface area contributed by atoms with Gasteiger partial charge in [0.15, 0.2) is 0 Å². The number of carbonyl (C=O) groups is 1. The van der Waals surface area contributed by atoms with Gasteiger partial charge in [0.2, 0.25) is 10.0 Å². The molecule has 0 atom stereocenters. The van der Waals surface area contributed by atoms with Gasteiger partial charge in [-0.2, -0.15) is 4.31 Å². The van der Waals surface area contributed by atoms with Crippen LogP contribution < -0.4 is 10.1 Å². The fourth-order valence-electron chi connectivity index (χ4n) is 3.32. The summed E-state index contributed by atoms with van der Waals surface area (Å²) < 4.78 is 32.8. The van der Waals surface area contributed by atoms with Crippen molar-refractivity contribution in [2.24, 2.45) is 5.92 Å². The molecule has 0 aromatic heterocycles. The Kier molecular flexibility index (Phi) is 6.05. The van der Waals surface area contributed by atoms with Crippen molar-refractivity contribution in [2.75, 3.05) is 25.5 Å². The van der Waals surface area contributed by atoms with Gasteiger partial charge in [-0.1, -0.05) is 25.1 Å².